The highest BCUT2D eigenvalue weighted by Crippen LogP contribution is 2.17. The molecule has 2 rings (SSSR count). The molecule has 2 heterocycles. The maximum atomic E-state index is 11.8. The van der Waals surface area contributed by atoms with E-state index in [4.69, 9.17) is 0 Å². The summed E-state index contributed by atoms with van der Waals surface area (Å²) in [7, 11) is 0. The van der Waals surface area contributed by atoms with Gasteiger partial charge in [-0.05, 0) is 50.4 Å². The van der Waals surface area contributed by atoms with Crippen molar-refractivity contribution in [1.29, 1.82) is 0 Å². The summed E-state index contributed by atoms with van der Waals surface area (Å²) in [6.45, 7) is 6.59. The van der Waals surface area contributed by atoms with E-state index in [1.807, 2.05) is 11.8 Å². The van der Waals surface area contributed by atoms with Crippen molar-refractivity contribution in [2.24, 2.45) is 5.92 Å². The molecule has 5 heteroatoms. The van der Waals surface area contributed by atoms with E-state index in [1.54, 1.807) is 0 Å². The quantitative estimate of drug-likeness (QED) is 0.811. The topological polar surface area (TPSA) is 44.4 Å². The Morgan fingerprint density at radius 1 is 1.42 bits per heavy atom. The van der Waals surface area contributed by atoms with Gasteiger partial charge in [0.2, 0.25) is 0 Å². The number of rotatable bonds is 5. The predicted octanol–water partition coefficient (Wildman–Crippen LogP) is 1.91. The fourth-order valence-corrected chi connectivity index (χ4v) is 4.00. The average molecular weight is 285 g/mol. The maximum absolute atomic E-state index is 11.8. The highest BCUT2D eigenvalue weighted by atomic mass is 32.2. The van der Waals surface area contributed by atoms with Crippen molar-refractivity contribution in [3.63, 3.8) is 0 Å². The Bertz CT molecular complexity index is 282. The van der Waals surface area contributed by atoms with Gasteiger partial charge >= 0.3 is 6.03 Å². The number of likely N-dealkylation sites (tertiary alicyclic amines) is 1. The molecule has 2 N–H and O–H groups in total. The molecule has 0 aromatic carbocycles. The van der Waals surface area contributed by atoms with Gasteiger partial charge in [-0.1, -0.05) is 6.92 Å². The second kappa shape index (κ2) is 8.00. The molecule has 0 spiro atoms. The first-order valence-corrected chi connectivity index (χ1v) is 8.78. The molecule has 2 atom stereocenters. The van der Waals surface area contributed by atoms with E-state index in [9.17, 15) is 4.79 Å². The Hall–Kier alpha value is -0.420. The van der Waals surface area contributed by atoms with Crippen LogP contribution in [0.4, 0.5) is 4.79 Å². The molecule has 2 saturated heterocycles. The summed E-state index contributed by atoms with van der Waals surface area (Å²) < 4.78 is 0. The molecule has 110 valence electrons. The lowest BCUT2D eigenvalue weighted by Gasteiger charge is -2.23. The van der Waals surface area contributed by atoms with Crippen molar-refractivity contribution in [1.82, 2.24) is 15.5 Å². The minimum atomic E-state index is 0.0291. The monoisotopic (exact) mass is 285 g/mol. The fraction of sp³-hybridized carbons (Fsp3) is 0.929. The van der Waals surface area contributed by atoms with Crippen LogP contribution in [0.3, 0.4) is 0 Å². The Morgan fingerprint density at radius 2 is 2.32 bits per heavy atom. The van der Waals surface area contributed by atoms with Crippen LogP contribution in [-0.4, -0.2) is 54.7 Å². The number of carbonyl (C=O) groups excluding carboxylic acids is 1. The molecule has 19 heavy (non-hydrogen) atoms. The van der Waals surface area contributed by atoms with Crippen molar-refractivity contribution in [3.05, 3.63) is 0 Å². The number of hydrogen-bond acceptors (Lipinski definition) is 3. The highest BCUT2D eigenvalue weighted by molar-refractivity contribution is 7.99. The number of nitrogens with zero attached hydrogens (tertiary/aromatic N) is 1. The van der Waals surface area contributed by atoms with Crippen molar-refractivity contribution in [2.45, 2.75) is 38.6 Å². The van der Waals surface area contributed by atoms with Gasteiger partial charge in [-0.3, -0.25) is 0 Å². The zero-order valence-electron chi connectivity index (χ0n) is 12.0. The van der Waals surface area contributed by atoms with Gasteiger partial charge in [0.05, 0.1) is 0 Å². The number of hydrogen-bond donors (Lipinski definition) is 2. The van der Waals surface area contributed by atoms with Crippen LogP contribution in [0.2, 0.25) is 0 Å². The summed E-state index contributed by atoms with van der Waals surface area (Å²) in [4.78, 5) is 14.3. The first-order chi connectivity index (χ1) is 9.28. The third-order valence-corrected chi connectivity index (χ3v) is 5.17. The van der Waals surface area contributed by atoms with Gasteiger partial charge in [0.25, 0.3) is 0 Å². The van der Waals surface area contributed by atoms with Crippen LogP contribution in [0.5, 0.6) is 0 Å². The predicted molar refractivity (Wildman–Crippen MR) is 81.7 cm³/mol. The zero-order chi connectivity index (χ0) is 13.5. The Labute approximate surface area is 121 Å². The van der Waals surface area contributed by atoms with E-state index in [0.29, 0.717) is 12.0 Å². The molecular formula is C14H27N3OS. The number of carbonyl (C=O) groups is 1. The third-order valence-electron chi connectivity index (χ3n) is 3.96. The summed E-state index contributed by atoms with van der Waals surface area (Å²) >= 11 is 1.94. The van der Waals surface area contributed by atoms with Gasteiger partial charge in [-0.25, -0.2) is 4.79 Å². The second-order valence-corrected chi connectivity index (χ2v) is 6.87. The molecule has 2 aliphatic heterocycles. The Balaban J connectivity index is 1.58. The van der Waals surface area contributed by atoms with Gasteiger partial charge in [0, 0.05) is 24.9 Å². The van der Waals surface area contributed by atoms with Crippen LogP contribution < -0.4 is 10.6 Å². The fourth-order valence-electron chi connectivity index (χ4n) is 2.93. The SMILES string of the molecule is CCCN1CC[C@H](CNC(=O)N[C@@H]2CCCSC2)C1. The molecule has 0 aromatic rings. The molecule has 2 fully saturated rings. The smallest absolute Gasteiger partial charge is 0.315 e. The van der Waals surface area contributed by atoms with Gasteiger partial charge in [-0.15, -0.1) is 0 Å². The Kier molecular flexibility index (Phi) is 6.31. The standard InChI is InChI=1S/C14H27N3OS/c1-2-6-17-7-5-12(10-17)9-15-14(18)16-13-4-3-8-19-11-13/h12-13H,2-11H2,1H3,(H2,15,16,18)/t12-,13-/m1/s1. The van der Waals surface area contributed by atoms with Gasteiger partial charge in [-0.2, -0.15) is 11.8 Å². The van der Waals surface area contributed by atoms with Crippen LogP contribution in [0, 0.1) is 5.92 Å². The minimum absolute atomic E-state index is 0.0291. The molecule has 2 amide bonds. The van der Waals surface area contributed by atoms with Gasteiger partial charge < -0.3 is 15.5 Å². The summed E-state index contributed by atoms with van der Waals surface area (Å²) in [5.41, 5.74) is 0. The molecule has 0 unspecified atom stereocenters. The van der Waals surface area contributed by atoms with Crippen LogP contribution >= 0.6 is 11.8 Å². The normalized spacial score (nSPS) is 28.3. The average Bonchev–Trinajstić information content (AvgIpc) is 2.86. The number of amides is 2. The molecule has 0 aromatic heterocycles. The summed E-state index contributed by atoms with van der Waals surface area (Å²) in [5, 5.41) is 6.14. The molecule has 2 aliphatic rings. The molecule has 0 radical (unpaired) electrons. The van der Waals surface area contributed by atoms with E-state index >= 15 is 0 Å². The lowest BCUT2D eigenvalue weighted by molar-refractivity contribution is 0.235. The molecule has 4 nitrogen and oxygen atoms in total. The van der Waals surface area contributed by atoms with E-state index in [1.165, 1.54) is 38.1 Å². The molecular weight excluding hydrogens is 258 g/mol. The first-order valence-electron chi connectivity index (χ1n) is 7.62. The zero-order valence-corrected chi connectivity index (χ0v) is 12.8. The van der Waals surface area contributed by atoms with E-state index in [-0.39, 0.29) is 6.03 Å². The van der Waals surface area contributed by atoms with Crippen LogP contribution in [0.25, 0.3) is 0 Å². The number of urea groups is 1. The van der Waals surface area contributed by atoms with E-state index < -0.39 is 0 Å². The lowest BCUT2D eigenvalue weighted by atomic mass is 10.1. The highest BCUT2D eigenvalue weighted by Gasteiger charge is 2.22. The van der Waals surface area contributed by atoms with Crippen molar-refractivity contribution < 1.29 is 4.79 Å². The summed E-state index contributed by atoms with van der Waals surface area (Å²) in [6.07, 6.45) is 4.80. The number of thioether (sulfide) groups is 1. The van der Waals surface area contributed by atoms with Crippen molar-refractivity contribution in [3.8, 4) is 0 Å². The summed E-state index contributed by atoms with van der Waals surface area (Å²) in [5.74, 6) is 2.95. The molecule has 0 saturated carbocycles. The van der Waals surface area contributed by atoms with Gasteiger partial charge in [0.1, 0.15) is 0 Å². The Morgan fingerprint density at radius 3 is 3.05 bits per heavy atom. The van der Waals surface area contributed by atoms with Gasteiger partial charge in [0.15, 0.2) is 0 Å². The summed E-state index contributed by atoms with van der Waals surface area (Å²) in [6, 6.07) is 0.403. The second-order valence-electron chi connectivity index (χ2n) is 5.72. The van der Waals surface area contributed by atoms with Crippen molar-refractivity contribution >= 4 is 17.8 Å². The molecule has 0 bridgehead atoms. The van der Waals surface area contributed by atoms with Crippen LogP contribution in [-0.2, 0) is 0 Å². The van der Waals surface area contributed by atoms with E-state index in [0.717, 1.165) is 25.3 Å². The largest absolute Gasteiger partial charge is 0.338 e. The third kappa shape index (κ3) is 5.22. The molecule has 0 aliphatic carbocycles. The first kappa shape index (κ1) is 15.0. The maximum Gasteiger partial charge on any atom is 0.315 e. The van der Waals surface area contributed by atoms with Crippen molar-refractivity contribution in [2.75, 3.05) is 37.7 Å². The van der Waals surface area contributed by atoms with E-state index in [2.05, 4.69) is 22.5 Å². The van der Waals surface area contributed by atoms with Crippen LogP contribution in [0.15, 0.2) is 0 Å². The lowest BCUT2D eigenvalue weighted by Crippen LogP contribution is -2.45. The van der Waals surface area contributed by atoms with Crippen LogP contribution in [0.1, 0.15) is 32.6 Å². The minimum Gasteiger partial charge on any atom is -0.338 e. The number of nitrogens with one attached hydrogen (secondary N) is 2.